The number of aryl methyl sites for hydroxylation is 1. The molecule has 1 aromatic heterocycles. The fraction of sp³-hybridized carbons (Fsp3) is 0.310. The van der Waals surface area contributed by atoms with Crippen molar-refractivity contribution in [2.24, 2.45) is 0 Å². The molecule has 1 atom stereocenters. The predicted octanol–water partition coefficient (Wildman–Crippen LogP) is 5.83. The summed E-state index contributed by atoms with van der Waals surface area (Å²) in [5.74, 6) is 0.209. The fourth-order valence-corrected chi connectivity index (χ4v) is 6.85. The molecule has 9 heteroatoms. The molecule has 4 rings (SSSR count). The van der Waals surface area contributed by atoms with Gasteiger partial charge in [0.25, 0.3) is 0 Å². The third-order valence-electron chi connectivity index (χ3n) is 6.32. The number of carbonyl (C=O) groups is 3. The number of nitrogens with zero attached hydrogens (tertiary/aromatic N) is 2. The number of halogens is 1. The SMILES string of the molecule is CI(C)N1CCCC(OC(=O)Nc2cc(CCC(=O)Nc3ccc(C=O)cn3)ccc2-c2ccccc2)C1. The molecule has 1 aliphatic rings. The first kappa shape index (κ1) is 27.7. The van der Waals surface area contributed by atoms with Crippen molar-refractivity contribution in [1.29, 1.82) is 0 Å². The zero-order valence-electron chi connectivity index (χ0n) is 21.7. The van der Waals surface area contributed by atoms with Gasteiger partial charge < -0.3 is 5.32 Å². The van der Waals surface area contributed by atoms with Crippen molar-refractivity contribution in [2.45, 2.75) is 31.8 Å². The summed E-state index contributed by atoms with van der Waals surface area (Å²) < 4.78 is 8.31. The normalized spacial score (nSPS) is 15.8. The summed E-state index contributed by atoms with van der Waals surface area (Å²) in [6, 6.07) is 18.9. The molecule has 200 valence electrons. The van der Waals surface area contributed by atoms with Crippen molar-refractivity contribution in [3.63, 3.8) is 0 Å². The molecule has 2 aromatic carbocycles. The summed E-state index contributed by atoms with van der Waals surface area (Å²) in [5, 5.41) is 5.72. The number of hydrogen-bond acceptors (Lipinski definition) is 6. The standard InChI is InChI=1S/C29H33IN4O4/c1-30(2)34-16-6-9-24(19-34)38-29(37)32-26-17-21(10-13-25(26)23-7-4-3-5-8-23)12-15-28(36)33-27-14-11-22(20-35)18-31-27/h3-5,7-8,10-11,13-14,17-18,20,24H,6,9,12,15-16,19H2,1-2H3,(H,32,37)(H,31,33,36). The molecule has 1 unspecified atom stereocenters. The second-order valence-corrected chi connectivity index (χ2v) is 14.7. The van der Waals surface area contributed by atoms with Crippen molar-refractivity contribution < 1.29 is 19.1 Å². The molecule has 0 bridgehead atoms. The van der Waals surface area contributed by atoms with Crippen molar-refractivity contribution in [3.8, 4) is 11.1 Å². The Bertz CT molecular complexity index is 1250. The number of rotatable bonds is 9. The fourth-order valence-electron chi connectivity index (χ4n) is 4.32. The zero-order valence-corrected chi connectivity index (χ0v) is 23.8. The van der Waals surface area contributed by atoms with Crippen LogP contribution in [0.4, 0.5) is 16.3 Å². The number of alkyl halides is 2. The van der Waals surface area contributed by atoms with E-state index in [1.807, 2.05) is 48.5 Å². The number of nitrogens with one attached hydrogen (secondary N) is 2. The van der Waals surface area contributed by atoms with E-state index >= 15 is 0 Å². The van der Waals surface area contributed by atoms with Gasteiger partial charge in [-0.1, -0.05) is 0 Å². The van der Waals surface area contributed by atoms with E-state index in [2.05, 4.69) is 28.6 Å². The minimum atomic E-state index is -1.10. The van der Waals surface area contributed by atoms with E-state index in [1.54, 1.807) is 12.1 Å². The van der Waals surface area contributed by atoms with Crippen LogP contribution in [0.15, 0.2) is 66.9 Å². The first-order valence-electron chi connectivity index (χ1n) is 12.5. The average molecular weight is 629 g/mol. The Kier molecular flexibility index (Phi) is 9.83. The van der Waals surface area contributed by atoms with Gasteiger partial charge in [-0.25, -0.2) is 4.98 Å². The molecule has 2 heterocycles. The molecule has 1 saturated heterocycles. The van der Waals surface area contributed by atoms with Crippen molar-refractivity contribution >= 4 is 49.9 Å². The van der Waals surface area contributed by atoms with E-state index in [4.69, 9.17) is 4.74 Å². The Morgan fingerprint density at radius 2 is 1.92 bits per heavy atom. The summed E-state index contributed by atoms with van der Waals surface area (Å²) in [6.07, 6.45) is 4.19. The molecule has 38 heavy (non-hydrogen) atoms. The van der Waals surface area contributed by atoms with Gasteiger partial charge in [-0.3, -0.25) is 9.59 Å². The summed E-state index contributed by atoms with van der Waals surface area (Å²) in [4.78, 5) is 44.9. The Labute approximate surface area is 230 Å². The van der Waals surface area contributed by atoms with Crippen LogP contribution in [0.2, 0.25) is 0 Å². The van der Waals surface area contributed by atoms with E-state index in [1.165, 1.54) is 6.20 Å². The van der Waals surface area contributed by atoms with Crippen LogP contribution in [-0.4, -0.2) is 55.4 Å². The molecule has 2 N–H and O–H groups in total. The predicted molar refractivity (Wildman–Crippen MR) is 159 cm³/mol. The van der Waals surface area contributed by atoms with Crippen LogP contribution >= 0.6 is 20.1 Å². The van der Waals surface area contributed by atoms with Crippen LogP contribution in [0.5, 0.6) is 0 Å². The summed E-state index contributed by atoms with van der Waals surface area (Å²) in [7, 11) is 0. The molecule has 3 aromatic rings. The van der Waals surface area contributed by atoms with Crippen LogP contribution in [-0.2, 0) is 16.0 Å². The maximum absolute atomic E-state index is 12.9. The topological polar surface area (TPSA) is 101 Å². The average Bonchev–Trinajstić information content (AvgIpc) is 2.93. The van der Waals surface area contributed by atoms with Crippen molar-refractivity contribution in [1.82, 2.24) is 8.10 Å². The Morgan fingerprint density at radius 3 is 2.63 bits per heavy atom. The molecule has 8 nitrogen and oxygen atoms in total. The first-order chi connectivity index (χ1) is 18.4. The van der Waals surface area contributed by atoms with E-state index in [9.17, 15) is 14.4 Å². The number of aldehydes is 1. The number of carbonyl (C=O) groups excluding carboxylic acids is 3. The molecular weight excluding hydrogens is 595 g/mol. The third-order valence-corrected chi connectivity index (χ3v) is 9.92. The number of piperidine rings is 1. The number of ether oxygens (including phenoxy) is 1. The van der Waals surface area contributed by atoms with Crippen LogP contribution in [0.25, 0.3) is 11.1 Å². The van der Waals surface area contributed by atoms with Crippen molar-refractivity contribution in [2.75, 3.05) is 33.6 Å². The number of hydrogen-bond donors (Lipinski definition) is 2. The summed E-state index contributed by atoms with van der Waals surface area (Å²) in [5.41, 5.74) is 3.87. The molecule has 2 amide bonds. The Balaban J connectivity index is 1.43. The number of benzene rings is 2. The van der Waals surface area contributed by atoms with Crippen LogP contribution in [0.3, 0.4) is 0 Å². The van der Waals surface area contributed by atoms with Gasteiger partial charge in [-0.2, -0.15) is 0 Å². The molecule has 0 aliphatic carbocycles. The monoisotopic (exact) mass is 628 g/mol. The molecule has 0 radical (unpaired) electrons. The molecule has 0 spiro atoms. The van der Waals surface area contributed by atoms with Gasteiger partial charge in [0.1, 0.15) is 5.82 Å². The number of anilines is 2. The van der Waals surface area contributed by atoms with Gasteiger partial charge in [0, 0.05) is 11.8 Å². The second-order valence-electron chi connectivity index (χ2n) is 9.27. The van der Waals surface area contributed by atoms with Gasteiger partial charge in [-0.05, 0) is 12.1 Å². The van der Waals surface area contributed by atoms with Crippen molar-refractivity contribution in [3.05, 3.63) is 78.0 Å². The van der Waals surface area contributed by atoms with Crippen LogP contribution in [0, 0.1) is 0 Å². The third kappa shape index (κ3) is 7.84. The Hall–Kier alpha value is -3.31. The van der Waals surface area contributed by atoms with Gasteiger partial charge in [-0.15, -0.1) is 0 Å². The van der Waals surface area contributed by atoms with E-state index in [-0.39, 0.29) is 18.4 Å². The quantitative estimate of drug-likeness (QED) is 0.134. The number of amides is 2. The maximum atomic E-state index is 12.9. The van der Waals surface area contributed by atoms with Gasteiger partial charge >= 0.3 is 176 Å². The zero-order chi connectivity index (χ0) is 26.9. The Morgan fingerprint density at radius 1 is 1.11 bits per heavy atom. The van der Waals surface area contributed by atoms with Crippen LogP contribution < -0.4 is 10.6 Å². The number of aromatic nitrogens is 1. The second kappa shape index (κ2) is 13.5. The minimum absolute atomic E-state index is 0.107. The van der Waals surface area contributed by atoms with E-state index < -0.39 is 26.2 Å². The number of pyridine rings is 1. The molecule has 1 fully saturated rings. The summed E-state index contributed by atoms with van der Waals surface area (Å²) in [6.45, 7) is 1.89. The van der Waals surface area contributed by atoms with Gasteiger partial charge in [0.15, 0.2) is 6.29 Å². The molecule has 0 saturated carbocycles. The van der Waals surface area contributed by atoms with E-state index in [0.717, 1.165) is 42.6 Å². The molecule has 1 aliphatic heterocycles. The van der Waals surface area contributed by atoms with Gasteiger partial charge in [0.05, 0.1) is 0 Å². The first-order valence-corrected chi connectivity index (χ1v) is 17.8. The molecular formula is C29H33IN4O4. The summed E-state index contributed by atoms with van der Waals surface area (Å²) >= 11 is -1.10. The van der Waals surface area contributed by atoms with Crippen LogP contribution in [0.1, 0.15) is 35.2 Å². The van der Waals surface area contributed by atoms with Gasteiger partial charge in [0.2, 0.25) is 0 Å². The van der Waals surface area contributed by atoms with E-state index in [0.29, 0.717) is 29.8 Å².